The number of halogens is 4. The number of nitrogens with one attached hydrogen (secondary N) is 1. The molecule has 1 nitrogen and oxygen atoms in total. The van der Waals surface area contributed by atoms with Crippen LogP contribution in [0.2, 0.25) is 10.0 Å². The lowest BCUT2D eigenvalue weighted by Crippen LogP contribution is -2.07. The molecule has 0 aliphatic heterocycles. The maximum atomic E-state index is 13.1. The van der Waals surface area contributed by atoms with Gasteiger partial charge in [-0.1, -0.05) is 29.3 Å². The van der Waals surface area contributed by atoms with Gasteiger partial charge in [-0.25, -0.2) is 4.39 Å². The summed E-state index contributed by atoms with van der Waals surface area (Å²) in [5.41, 5.74) is 1.75. The highest BCUT2D eigenvalue weighted by molar-refractivity contribution is 14.1. The van der Waals surface area contributed by atoms with Gasteiger partial charge in [0.25, 0.3) is 0 Å². The predicted octanol–water partition coefficient (Wildman–Crippen LogP) is 5.91. The van der Waals surface area contributed by atoms with Gasteiger partial charge in [0.2, 0.25) is 0 Å². The molecule has 0 aliphatic carbocycles. The predicted molar refractivity (Wildman–Crippen MR) is 87.6 cm³/mol. The molecule has 0 saturated carbocycles. The van der Waals surface area contributed by atoms with Crippen molar-refractivity contribution in [2.75, 3.05) is 5.32 Å². The van der Waals surface area contributed by atoms with Crippen molar-refractivity contribution in [2.45, 2.75) is 13.0 Å². The summed E-state index contributed by atoms with van der Waals surface area (Å²) in [4.78, 5) is 0. The van der Waals surface area contributed by atoms with Crippen LogP contribution in [0.4, 0.5) is 10.1 Å². The second-order valence-electron chi connectivity index (χ2n) is 4.16. The molecule has 1 N–H and O–H groups in total. The van der Waals surface area contributed by atoms with Gasteiger partial charge in [0.15, 0.2) is 0 Å². The van der Waals surface area contributed by atoms with Crippen LogP contribution in [0, 0.1) is 9.39 Å². The van der Waals surface area contributed by atoms with Crippen molar-refractivity contribution < 1.29 is 4.39 Å². The Morgan fingerprint density at radius 1 is 1.11 bits per heavy atom. The number of rotatable bonds is 3. The largest absolute Gasteiger partial charge is 0.377 e. The third-order valence-corrected chi connectivity index (χ3v) is 4.02. The first-order chi connectivity index (χ1) is 8.97. The third-order valence-electron chi connectivity index (χ3n) is 2.75. The third kappa shape index (κ3) is 3.74. The van der Waals surface area contributed by atoms with Crippen molar-refractivity contribution in [3.05, 3.63) is 61.4 Å². The highest BCUT2D eigenvalue weighted by Crippen LogP contribution is 2.29. The Labute approximate surface area is 135 Å². The Kier molecular flexibility index (Phi) is 4.92. The van der Waals surface area contributed by atoms with Gasteiger partial charge >= 0.3 is 0 Å². The summed E-state index contributed by atoms with van der Waals surface area (Å²) in [5, 5.41) is 4.07. The Balaban J connectivity index is 2.20. The molecule has 0 aromatic heterocycles. The number of hydrogen-bond acceptors (Lipinski definition) is 1. The van der Waals surface area contributed by atoms with Gasteiger partial charge in [-0.3, -0.25) is 0 Å². The van der Waals surface area contributed by atoms with E-state index in [0.29, 0.717) is 5.02 Å². The summed E-state index contributed by atoms with van der Waals surface area (Å²) in [5.74, 6) is -0.412. The molecule has 5 heteroatoms. The van der Waals surface area contributed by atoms with E-state index in [1.807, 2.05) is 25.1 Å². The lowest BCUT2D eigenvalue weighted by molar-refractivity contribution is 0.627. The van der Waals surface area contributed by atoms with Crippen LogP contribution < -0.4 is 5.32 Å². The van der Waals surface area contributed by atoms with Crippen LogP contribution in [0.25, 0.3) is 0 Å². The Morgan fingerprint density at radius 3 is 2.47 bits per heavy atom. The SMILES string of the molecule is CC(Nc1ccc(I)cc1Cl)c1ccc(F)c(Cl)c1. The quantitative estimate of drug-likeness (QED) is 0.621. The fourth-order valence-corrected chi connectivity index (χ4v) is 2.80. The van der Waals surface area contributed by atoms with Gasteiger partial charge in [0, 0.05) is 9.61 Å². The maximum Gasteiger partial charge on any atom is 0.141 e. The van der Waals surface area contributed by atoms with E-state index in [2.05, 4.69) is 27.9 Å². The standard InChI is InChI=1S/C14H11Cl2FIN/c1-8(9-2-4-13(17)11(15)6-9)19-14-5-3-10(18)7-12(14)16/h2-8,19H,1H3. The van der Waals surface area contributed by atoms with Gasteiger partial charge in [-0.2, -0.15) is 0 Å². The van der Waals surface area contributed by atoms with Crippen molar-refractivity contribution in [3.8, 4) is 0 Å². The fourth-order valence-electron chi connectivity index (χ4n) is 1.70. The van der Waals surface area contributed by atoms with Crippen molar-refractivity contribution in [1.29, 1.82) is 0 Å². The van der Waals surface area contributed by atoms with Crippen LogP contribution in [0.5, 0.6) is 0 Å². The first-order valence-corrected chi connectivity index (χ1v) is 7.47. The van der Waals surface area contributed by atoms with E-state index < -0.39 is 5.82 Å². The van der Waals surface area contributed by atoms with Gasteiger partial charge in [0.1, 0.15) is 5.82 Å². The van der Waals surface area contributed by atoms with E-state index in [1.54, 1.807) is 12.1 Å². The van der Waals surface area contributed by atoms with E-state index in [9.17, 15) is 4.39 Å². The first kappa shape index (κ1) is 14.9. The molecule has 0 amide bonds. The molecule has 1 atom stereocenters. The highest BCUT2D eigenvalue weighted by Gasteiger charge is 2.10. The zero-order valence-corrected chi connectivity index (χ0v) is 13.7. The number of anilines is 1. The molecular weight excluding hydrogens is 399 g/mol. The van der Waals surface area contributed by atoms with Crippen molar-refractivity contribution in [1.82, 2.24) is 0 Å². The van der Waals surface area contributed by atoms with Gasteiger partial charge in [-0.05, 0) is 65.4 Å². The molecule has 2 aromatic carbocycles. The normalized spacial score (nSPS) is 12.3. The summed E-state index contributed by atoms with van der Waals surface area (Å²) < 4.78 is 14.2. The van der Waals surface area contributed by atoms with E-state index in [-0.39, 0.29) is 11.1 Å². The topological polar surface area (TPSA) is 12.0 Å². The number of hydrogen-bond donors (Lipinski definition) is 1. The molecular formula is C14H11Cl2FIN. The molecule has 0 fully saturated rings. The minimum Gasteiger partial charge on any atom is -0.377 e. The van der Waals surface area contributed by atoms with Gasteiger partial charge < -0.3 is 5.32 Å². The van der Waals surface area contributed by atoms with Gasteiger partial charge in [0.05, 0.1) is 15.7 Å². The smallest absolute Gasteiger partial charge is 0.141 e. The second-order valence-corrected chi connectivity index (χ2v) is 6.22. The van der Waals surface area contributed by atoms with Crippen LogP contribution in [0.3, 0.4) is 0 Å². The summed E-state index contributed by atoms with van der Waals surface area (Å²) >= 11 is 14.2. The summed E-state index contributed by atoms with van der Waals surface area (Å²) in [6.45, 7) is 1.97. The van der Waals surface area contributed by atoms with E-state index >= 15 is 0 Å². The van der Waals surface area contributed by atoms with Crippen LogP contribution in [0.15, 0.2) is 36.4 Å². The van der Waals surface area contributed by atoms with E-state index in [4.69, 9.17) is 23.2 Å². The molecule has 2 rings (SSSR count). The van der Waals surface area contributed by atoms with Crippen LogP contribution >= 0.6 is 45.8 Å². The Morgan fingerprint density at radius 2 is 1.84 bits per heavy atom. The summed E-state index contributed by atoms with van der Waals surface area (Å²) in [6, 6.07) is 10.5. The maximum absolute atomic E-state index is 13.1. The molecule has 0 aliphatic rings. The van der Waals surface area contributed by atoms with E-state index in [1.165, 1.54) is 6.07 Å². The zero-order valence-electron chi connectivity index (χ0n) is 10.1. The highest BCUT2D eigenvalue weighted by atomic mass is 127. The Hall–Kier alpha value is -0.520. The molecule has 0 spiro atoms. The van der Waals surface area contributed by atoms with E-state index in [0.717, 1.165) is 14.8 Å². The van der Waals surface area contributed by atoms with Crippen molar-refractivity contribution in [2.24, 2.45) is 0 Å². The van der Waals surface area contributed by atoms with Gasteiger partial charge in [-0.15, -0.1) is 0 Å². The molecule has 19 heavy (non-hydrogen) atoms. The molecule has 0 saturated heterocycles. The molecule has 100 valence electrons. The zero-order chi connectivity index (χ0) is 14.0. The van der Waals surface area contributed by atoms with Crippen LogP contribution in [-0.2, 0) is 0 Å². The molecule has 2 aromatic rings. The molecule has 1 unspecified atom stereocenters. The molecule has 0 radical (unpaired) electrons. The molecule has 0 heterocycles. The summed E-state index contributed by atoms with van der Waals surface area (Å²) in [7, 11) is 0. The Bertz CT molecular complexity index is 604. The lowest BCUT2D eigenvalue weighted by Gasteiger charge is -2.17. The van der Waals surface area contributed by atoms with Crippen LogP contribution in [-0.4, -0.2) is 0 Å². The summed E-state index contributed by atoms with van der Waals surface area (Å²) in [6.07, 6.45) is 0. The van der Waals surface area contributed by atoms with Crippen molar-refractivity contribution >= 4 is 51.5 Å². The lowest BCUT2D eigenvalue weighted by atomic mass is 10.1. The fraction of sp³-hybridized carbons (Fsp3) is 0.143. The van der Waals surface area contributed by atoms with Crippen LogP contribution in [0.1, 0.15) is 18.5 Å². The average Bonchev–Trinajstić information content (AvgIpc) is 2.36. The average molecular weight is 410 g/mol. The number of benzene rings is 2. The first-order valence-electron chi connectivity index (χ1n) is 5.64. The van der Waals surface area contributed by atoms with Crippen molar-refractivity contribution in [3.63, 3.8) is 0 Å². The minimum absolute atomic E-state index is 0.0179. The monoisotopic (exact) mass is 409 g/mol. The minimum atomic E-state index is -0.412. The molecule has 0 bridgehead atoms. The second kappa shape index (κ2) is 6.29.